The van der Waals surface area contributed by atoms with E-state index in [-0.39, 0.29) is 11.8 Å². The lowest BCUT2D eigenvalue weighted by Crippen LogP contribution is -2.55. The van der Waals surface area contributed by atoms with E-state index in [1.807, 2.05) is 71.4 Å². The highest BCUT2D eigenvalue weighted by atomic mass is 16.5. The first-order valence-electron chi connectivity index (χ1n) is 14.1. The van der Waals surface area contributed by atoms with Crippen molar-refractivity contribution in [2.75, 3.05) is 44.7 Å². The van der Waals surface area contributed by atoms with E-state index in [4.69, 9.17) is 9.47 Å². The Morgan fingerprint density at radius 1 is 1.07 bits per heavy atom. The first-order valence-corrected chi connectivity index (χ1v) is 14.1. The fraction of sp³-hybridized carbons (Fsp3) is 0.467. The maximum atomic E-state index is 13.7. The van der Waals surface area contributed by atoms with Crippen molar-refractivity contribution in [1.29, 1.82) is 0 Å². The number of aromatic nitrogens is 3. The van der Waals surface area contributed by atoms with Gasteiger partial charge in [0.1, 0.15) is 11.5 Å². The number of carbonyl (C=O) groups excluding carboxylic acids is 2. The molecular formula is C30H36N6O4. The molecule has 2 amide bonds. The van der Waals surface area contributed by atoms with Crippen LogP contribution < -0.4 is 19.7 Å². The maximum Gasteiger partial charge on any atom is 0.265 e. The van der Waals surface area contributed by atoms with Gasteiger partial charge in [0.05, 0.1) is 29.9 Å². The summed E-state index contributed by atoms with van der Waals surface area (Å²) in [4.78, 5) is 31.2. The number of amides is 2. The highest BCUT2D eigenvalue weighted by Crippen LogP contribution is 2.37. The zero-order valence-corrected chi connectivity index (χ0v) is 22.9. The molecule has 1 unspecified atom stereocenters. The molecule has 4 bridgehead atoms. The van der Waals surface area contributed by atoms with E-state index < -0.39 is 11.5 Å². The first-order chi connectivity index (χ1) is 19.5. The van der Waals surface area contributed by atoms with Crippen LogP contribution in [0.5, 0.6) is 11.5 Å². The third kappa shape index (κ3) is 5.48. The van der Waals surface area contributed by atoms with Gasteiger partial charge in [-0.15, -0.1) is 5.10 Å². The molecule has 0 saturated carbocycles. The molecule has 3 aromatic rings. The highest BCUT2D eigenvalue weighted by Gasteiger charge is 2.44. The van der Waals surface area contributed by atoms with Gasteiger partial charge in [-0.25, -0.2) is 0 Å². The van der Waals surface area contributed by atoms with Crippen LogP contribution in [-0.2, 0) is 29.0 Å². The Labute approximate surface area is 234 Å². The van der Waals surface area contributed by atoms with Crippen molar-refractivity contribution in [3.8, 4) is 11.5 Å². The van der Waals surface area contributed by atoms with Gasteiger partial charge in [-0.1, -0.05) is 29.5 Å². The lowest BCUT2D eigenvalue weighted by molar-refractivity contribution is -0.145. The van der Waals surface area contributed by atoms with Crippen LogP contribution in [0, 0.1) is 5.41 Å². The summed E-state index contributed by atoms with van der Waals surface area (Å²) in [5, 5.41) is 11.9. The van der Waals surface area contributed by atoms with Gasteiger partial charge in [-0.3, -0.25) is 14.3 Å². The Morgan fingerprint density at radius 3 is 2.70 bits per heavy atom. The number of fused-ring (bicyclic) bond motifs is 9. The van der Waals surface area contributed by atoms with Crippen molar-refractivity contribution < 1.29 is 19.1 Å². The molecule has 10 nitrogen and oxygen atoms in total. The number of ether oxygens (including phenoxy) is 2. The average molecular weight is 545 g/mol. The van der Waals surface area contributed by atoms with E-state index in [0.717, 1.165) is 41.3 Å². The van der Waals surface area contributed by atoms with E-state index in [2.05, 4.69) is 20.5 Å². The van der Waals surface area contributed by atoms with Crippen molar-refractivity contribution in [3.63, 3.8) is 0 Å². The summed E-state index contributed by atoms with van der Waals surface area (Å²) in [6, 6.07) is 15.8. The molecule has 40 heavy (non-hydrogen) atoms. The van der Waals surface area contributed by atoms with E-state index in [1.54, 1.807) is 0 Å². The van der Waals surface area contributed by atoms with Crippen molar-refractivity contribution in [2.45, 2.75) is 44.8 Å². The van der Waals surface area contributed by atoms with Crippen LogP contribution in [0.1, 0.15) is 30.5 Å². The molecule has 0 radical (unpaired) electrons. The van der Waals surface area contributed by atoms with Crippen molar-refractivity contribution in [2.24, 2.45) is 5.41 Å². The molecule has 210 valence electrons. The van der Waals surface area contributed by atoms with Crippen LogP contribution in [-0.4, -0.2) is 77.6 Å². The number of aryl methyl sites for hydroxylation is 1. The molecule has 1 N–H and O–H groups in total. The minimum absolute atomic E-state index is 0.0148. The third-order valence-corrected chi connectivity index (χ3v) is 8.30. The van der Waals surface area contributed by atoms with E-state index in [0.29, 0.717) is 58.6 Å². The summed E-state index contributed by atoms with van der Waals surface area (Å²) in [5.74, 6) is 1.55. The van der Waals surface area contributed by atoms with E-state index in [9.17, 15) is 9.59 Å². The van der Waals surface area contributed by atoms with Crippen molar-refractivity contribution in [1.82, 2.24) is 25.2 Å². The summed E-state index contributed by atoms with van der Waals surface area (Å²) in [6.45, 7) is 3.29. The normalized spacial score (nSPS) is 21.1. The number of likely N-dealkylation sites (N-methyl/N-ethyl adjacent to an activating group) is 1. The van der Waals surface area contributed by atoms with Gasteiger partial charge in [0.2, 0.25) is 5.91 Å². The van der Waals surface area contributed by atoms with Crippen molar-refractivity contribution >= 4 is 17.5 Å². The SMILES string of the molecule is CN1CC(C(=O)N2CCC3(CC2)Cc2cn(nn2)CCCOc2ccc(cc2)CCNC3=O)Oc2ccccc21. The van der Waals surface area contributed by atoms with Gasteiger partial charge in [-0.05, 0) is 49.1 Å². The molecule has 1 aromatic heterocycles. The minimum Gasteiger partial charge on any atom is -0.494 e. The summed E-state index contributed by atoms with van der Waals surface area (Å²) in [5.41, 5.74) is 2.27. The van der Waals surface area contributed by atoms with Crippen LogP contribution in [0.25, 0.3) is 0 Å². The van der Waals surface area contributed by atoms with Gasteiger partial charge in [0, 0.05) is 52.3 Å². The average Bonchev–Trinajstić information content (AvgIpc) is 3.42. The predicted molar refractivity (Wildman–Crippen MR) is 149 cm³/mol. The van der Waals surface area contributed by atoms with Crippen LogP contribution in [0.2, 0.25) is 0 Å². The van der Waals surface area contributed by atoms with Crippen LogP contribution in [0.15, 0.2) is 54.7 Å². The molecular weight excluding hydrogens is 508 g/mol. The number of benzene rings is 2. The second-order valence-electron chi connectivity index (χ2n) is 11.1. The lowest BCUT2D eigenvalue weighted by Gasteiger charge is -2.42. The largest absolute Gasteiger partial charge is 0.494 e. The van der Waals surface area contributed by atoms with Crippen LogP contribution in [0.4, 0.5) is 5.69 Å². The molecule has 2 aromatic carbocycles. The monoisotopic (exact) mass is 544 g/mol. The van der Waals surface area contributed by atoms with Gasteiger partial charge in [0.15, 0.2) is 6.10 Å². The number of hydrogen-bond donors (Lipinski definition) is 1. The Hall–Kier alpha value is -4.08. The standard InChI is InChI=1S/C30H36N6O4/c1-34-21-27(40-26-6-3-2-5-25(26)34)28(37)35-16-12-30(13-17-35)19-23-20-36(33-32-23)15-4-18-39-24-9-7-22(8-10-24)11-14-31-29(30)38/h2-3,5-10,20,27H,4,11-19,21H2,1H3,(H,31,38). The van der Waals surface area contributed by atoms with E-state index >= 15 is 0 Å². The maximum absolute atomic E-state index is 13.7. The number of nitrogens with one attached hydrogen (secondary N) is 1. The summed E-state index contributed by atoms with van der Waals surface area (Å²) >= 11 is 0. The third-order valence-electron chi connectivity index (χ3n) is 8.30. The summed E-state index contributed by atoms with van der Waals surface area (Å²) in [6.07, 6.45) is 4.49. The number of rotatable bonds is 1. The quantitative estimate of drug-likeness (QED) is 0.502. The number of nitrogens with zero attached hydrogens (tertiary/aromatic N) is 5. The summed E-state index contributed by atoms with van der Waals surface area (Å²) in [7, 11) is 1.98. The van der Waals surface area contributed by atoms with Gasteiger partial charge in [0.25, 0.3) is 5.91 Å². The number of likely N-dealkylation sites (tertiary alicyclic amines) is 1. The number of anilines is 1. The number of piperidine rings is 1. The predicted octanol–water partition coefficient (Wildman–Crippen LogP) is 2.47. The molecule has 1 spiro atoms. The van der Waals surface area contributed by atoms with Gasteiger partial charge < -0.3 is 24.6 Å². The second kappa shape index (κ2) is 11.2. The summed E-state index contributed by atoms with van der Waals surface area (Å²) < 4.78 is 13.8. The zero-order chi connectivity index (χ0) is 27.5. The smallest absolute Gasteiger partial charge is 0.265 e. The van der Waals surface area contributed by atoms with Gasteiger partial charge in [-0.2, -0.15) is 0 Å². The number of hydrogen-bond acceptors (Lipinski definition) is 7. The van der Waals surface area contributed by atoms with Crippen LogP contribution in [0.3, 0.4) is 0 Å². The van der Waals surface area contributed by atoms with E-state index in [1.165, 1.54) is 0 Å². The molecule has 0 aliphatic carbocycles. The minimum atomic E-state index is -0.657. The second-order valence-corrected chi connectivity index (χ2v) is 11.1. The fourth-order valence-electron chi connectivity index (χ4n) is 5.93. The van der Waals surface area contributed by atoms with Gasteiger partial charge >= 0.3 is 0 Å². The fourth-order valence-corrected chi connectivity index (χ4v) is 5.93. The Kier molecular flexibility index (Phi) is 7.32. The molecule has 10 heteroatoms. The molecule has 4 aliphatic rings. The Morgan fingerprint density at radius 2 is 1.88 bits per heavy atom. The number of para-hydroxylation sites is 2. The number of carbonyl (C=O) groups is 2. The Bertz CT molecular complexity index is 1350. The molecule has 1 saturated heterocycles. The highest BCUT2D eigenvalue weighted by molar-refractivity contribution is 5.85. The topological polar surface area (TPSA) is 102 Å². The first kappa shape index (κ1) is 26.2. The zero-order valence-electron chi connectivity index (χ0n) is 22.9. The molecule has 1 fully saturated rings. The molecule has 7 rings (SSSR count). The van der Waals surface area contributed by atoms with Crippen molar-refractivity contribution in [3.05, 3.63) is 66.0 Å². The molecule has 1 atom stereocenters. The lowest BCUT2D eigenvalue weighted by atomic mass is 9.73. The molecule has 5 heterocycles. The molecule has 4 aliphatic heterocycles. The Balaban J connectivity index is 1.16. The van der Waals surface area contributed by atoms with Crippen LogP contribution >= 0.6 is 0 Å².